The fourth-order valence-electron chi connectivity index (χ4n) is 2.41. The van der Waals surface area contributed by atoms with E-state index in [-0.39, 0.29) is 17.7 Å². The molecule has 0 saturated heterocycles. The smallest absolute Gasteiger partial charge is 0.230 e. The molecule has 2 aromatic carbocycles. The number of amides is 1. The van der Waals surface area contributed by atoms with E-state index < -0.39 is 0 Å². The molecule has 2 N–H and O–H groups in total. The van der Waals surface area contributed by atoms with Crippen LogP contribution in [0.1, 0.15) is 18.5 Å². The van der Waals surface area contributed by atoms with Gasteiger partial charge in [-0.2, -0.15) is 0 Å². The van der Waals surface area contributed by atoms with E-state index in [4.69, 9.17) is 16.3 Å². The van der Waals surface area contributed by atoms with E-state index in [2.05, 4.69) is 15.3 Å². The van der Waals surface area contributed by atoms with Gasteiger partial charge in [0, 0.05) is 11.1 Å². The van der Waals surface area contributed by atoms with Crippen molar-refractivity contribution in [3.8, 4) is 5.75 Å². The summed E-state index contributed by atoms with van der Waals surface area (Å²) < 4.78 is 5.20. The van der Waals surface area contributed by atoms with Gasteiger partial charge in [0.05, 0.1) is 29.9 Å². The fourth-order valence-corrected chi connectivity index (χ4v) is 3.23. The van der Waals surface area contributed by atoms with Gasteiger partial charge in [-0.1, -0.05) is 35.5 Å². The molecule has 130 valence electrons. The van der Waals surface area contributed by atoms with Crippen LogP contribution >= 0.6 is 23.4 Å². The number of methoxy groups -OCH3 is 1. The van der Waals surface area contributed by atoms with Gasteiger partial charge in [0.25, 0.3) is 0 Å². The first-order chi connectivity index (χ1) is 12.0. The number of ether oxygens (including phenoxy) is 1. The Morgan fingerprint density at radius 3 is 2.80 bits per heavy atom. The molecule has 1 aromatic heterocycles. The Bertz CT molecular complexity index is 880. The minimum Gasteiger partial charge on any atom is -0.497 e. The third-order valence-corrected chi connectivity index (χ3v) is 4.88. The Morgan fingerprint density at radius 2 is 2.08 bits per heavy atom. The number of fused-ring (bicyclic) bond motifs is 1. The molecular formula is C18H18ClN3O2S. The minimum absolute atomic E-state index is 0.0505. The quantitative estimate of drug-likeness (QED) is 0.634. The lowest BCUT2D eigenvalue weighted by atomic mass is 10.1. The second kappa shape index (κ2) is 7.80. The zero-order valence-electron chi connectivity index (χ0n) is 13.9. The van der Waals surface area contributed by atoms with E-state index >= 15 is 0 Å². The average Bonchev–Trinajstić information content (AvgIpc) is 3.02. The first-order valence-electron chi connectivity index (χ1n) is 7.76. The molecule has 1 atom stereocenters. The first-order valence-corrected chi connectivity index (χ1v) is 9.13. The number of imidazole rings is 1. The summed E-state index contributed by atoms with van der Waals surface area (Å²) in [5.41, 5.74) is 2.74. The number of thioether (sulfide) groups is 1. The lowest BCUT2D eigenvalue weighted by Gasteiger charge is -2.14. The normalized spacial score (nSPS) is 12.1. The van der Waals surface area contributed by atoms with Gasteiger partial charge in [0.1, 0.15) is 5.75 Å². The molecular weight excluding hydrogens is 358 g/mol. The largest absolute Gasteiger partial charge is 0.497 e. The monoisotopic (exact) mass is 375 g/mol. The summed E-state index contributed by atoms with van der Waals surface area (Å²) in [6, 6.07) is 13.0. The number of H-pyrrole nitrogens is 1. The topological polar surface area (TPSA) is 67.0 Å². The minimum atomic E-state index is -0.0784. The maximum Gasteiger partial charge on any atom is 0.230 e. The molecule has 0 aliphatic carbocycles. The number of nitrogens with zero attached hydrogens (tertiary/aromatic N) is 1. The van der Waals surface area contributed by atoms with Crippen LogP contribution in [0.25, 0.3) is 11.0 Å². The van der Waals surface area contributed by atoms with Crippen molar-refractivity contribution < 1.29 is 9.53 Å². The zero-order valence-corrected chi connectivity index (χ0v) is 15.4. The molecule has 1 heterocycles. The van der Waals surface area contributed by atoms with Crippen molar-refractivity contribution in [2.24, 2.45) is 0 Å². The molecule has 0 radical (unpaired) electrons. The summed E-state index contributed by atoms with van der Waals surface area (Å²) in [5, 5.41) is 4.36. The van der Waals surface area contributed by atoms with Gasteiger partial charge in [-0.25, -0.2) is 4.98 Å². The van der Waals surface area contributed by atoms with E-state index in [0.717, 1.165) is 22.3 Å². The van der Waals surface area contributed by atoms with Gasteiger partial charge in [0.15, 0.2) is 5.16 Å². The third kappa shape index (κ3) is 4.46. The van der Waals surface area contributed by atoms with Crippen LogP contribution in [-0.2, 0) is 4.79 Å². The number of carbonyl (C=O) groups is 1. The molecule has 1 unspecified atom stereocenters. The Balaban J connectivity index is 1.57. The van der Waals surface area contributed by atoms with Crippen LogP contribution in [0.4, 0.5) is 0 Å². The van der Waals surface area contributed by atoms with Crippen LogP contribution in [0.15, 0.2) is 47.6 Å². The highest BCUT2D eigenvalue weighted by molar-refractivity contribution is 7.99. The van der Waals surface area contributed by atoms with Gasteiger partial charge in [-0.05, 0) is 36.8 Å². The van der Waals surface area contributed by atoms with Gasteiger partial charge in [-0.3, -0.25) is 4.79 Å². The highest BCUT2D eigenvalue weighted by Crippen LogP contribution is 2.23. The average molecular weight is 376 g/mol. The van der Waals surface area contributed by atoms with Gasteiger partial charge < -0.3 is 15.0 Å². The Labute approximate surface area is 155 Å². The predicted octanol–water partition coefficient (Wildman–Crippen LogP) is 4.19. The second-order valence-corrected chi connectivity index (χ2v) is 6.95. The summed E-state index contributed by atoms with van der Waals surface area (Å²) in [5.74, 6) is 1.00. The first kappa shape index (κ1) is 17.6. The van der Waals surface area contributed by atoms with Crippen LogP contribution in [-0.4, -0.2) is 28.7 Å². The SMILES string of the molecule is COc1ccc2nc(SCC(=O)NC(C)c3ccc(Cl)cc3)[nH]c2c1. The zero-order chi connectivity index (χ0) is 17.8. The number of carbonyl (C=O) groups excluding carboxylic acids is 1. The van der Waals surface area contributed by atoms with E-state index in [9.17, 15) is 4.79 Å². The molecule has 25 heavy (non-hydrogen) atoms. The summed E-state index contributed by atoms with van der Waals surface area (Å²) >= 11 is 7.25. The lowest BCUT2D eigenvalue weighted by molar-refractivity contribution is -0.119. The van der Waals surface area contributed by atoms with Crippen molar-refractivity contribution in [3.05, 3.63) is 53.1 Å². The van der Waals surface area contributed by atoms with Crippen molar-refractivity contribution in [1.29, 1.82) is 0 Å². The highest BCUT2D eigenvalue weighted by Gasteiger charge is 2.11. The molecule has 0 aliphatic rings. The Kier molecular flexibility index (Phi) is 5.50. The fraction of sp³-hybridized carbons (Fsp3) is 0.222. The standard InChI is InChI=1S/C18H18ClN3O2S/c1-11(12-3-5-13(19)6-4-12)20-17(23)10-25-18-21-15-8-7-14(24-2)9-16(15)22-18/h3-9,11H,10H2,1-2H3,(H,20,23)(H,21,22). The summed E-state index contributed by atoms with van der Waals surface area (Å²) in [6.45, 7) is 1.94. The number of aromatic nitrogens is 2. The third-order valence-electron chi connectivity index (χ3n) is 3.75. The van der Waals surface area contributed by atoms with E-state index in [1.165, 1.54) is 11.8 Å². The van der Waals surface area contributed by atoms with Gasteiger partial charge >= 0.3 is 0 Å². The number of rotatable bonds is 6. The number of hydrogen-bond acceptors (Lipinski definition) is 4. The lowest BCUT2D eigenvalue weighted by Crippen LogP contribution is -2.28. The van der Waals surface area contributed by atoms with E-state index in [1.54, 1.807) is 7.11 Å². The number of hydrogen-bond donors (Lipinski definition) is 2. The van der Waals surface area contributed by atoms with Crippen molar-refractivity contribution in [3.63, 3.8) is 0 Å². The van der Waals surface area contributed by atoms with Crippen molar-refractivity contribution >= 4 is 40.3 Å². The molecule has 3 rings (SSSR count). The highest BCUT2D eigenvalue weighted by atomic mass is 35.5. The van der Waals surface area contributed by atoms with Crippen LogP contribution in [0.5, 0.6) is 5.75 Å². The Hall–Kier alpha value is -2.18. The van der Waals surface area contributed by atoms with Crippen molar-refractivity contribution in [2.45, 2.75) is 18.1 Å². The second-order valence-electron chi connectivity index (χ2n) is 5.55. The number of halogens is 1. The molecule has 0 aliphatic heterocycles. The molecule has 1 amide bonds. The molecule has 3 aromatic rings. The molecule has 0 bridgehead atoms. The molecule has 0 fully saturated rings. The maximum absolute atomic E-state index is 12.2. The molecule has 7 heteroatoms. The van der Waals surface area contributed by atoms with Crippen LogP contribution in [0.2, 0.25) is 5.02 Å². The number of nitrogens with one attached hydrogen (secondary N) is 2. The van der Waals surface area contributed by atoms with E-state index in [1.807, 2.05) is 49.4 Å². The number of aromatic amines is 1. The van der Waals surface area contributed by atoms with Crippen LogP contribution < -0.4 is 10.1 Å². The number of benzene rings is 2. The van der Waals surface area contributed by atoms with Crippen LogP contribution in [0, 0.1) is 0 Å². The molecule has 0 saturated carbocycles. The molecule has 5 nitrogen and oxygen atoms in total. The summed E-state index contributed by atoms with van der Waals surface area (Å²) in [4.78, 5) is 19.8. The van der Waals surface area contributed by atoms with E-state index in [0.29, 0.717) is 10.2 Å². The van der Waals surface area contributed by atoms with Crippen molar-refractivity contribution in [1.82, 2.24) is 15.3 Å². The summed E-state index contributed by atoms with van der Waals surface area (Å²) in [6.07, 6.45) is 0. The van der Waals surface area contributed by atoms with Crippen molar-refractivity contribution in [2.75, 3.05) is 12.9 Å². The molecule has 0 spiro atoms. The Morgan fingerprint density at radius 1 is 1.32 bits per heavy atom. The van der Waals surface area contributed by atoms with Crippen LogP contribution in [0.3, 0.4) is 0 Å². The maximum atomic E-state index is 12.2. The van der Waals surface area contributed by atoms with Gasteiger partial charge in [-0.15, -0.1) is 0 Å². The predicted molar refractivity (Wildman–Crippen MR) is 101 cm³/mol. The summed E-state index contributed by atoms with van der Waals surface area (Å²) in [7, 11) is 1.62. The van der Waals surface area contributed by atoms with Gasteiger partial charge in [0.2, 0.25) is 5.91 Å².